The van der Waals surface area contributed by atoms with Crippen LogP contribution in [0.15, 0.2) is 18.6 Å². The molecule has 2 aromatic rings. The molecule has 0 amide bonds. The molecule has 0 aliphatic carbocycles. The van der Waals surface area contributed by atoms with Gasteiger partial charge in [0.1, 0.15) is 0 Å². The molecule has 3 nitrogen and oxygen atoms in total. The predicted molar refractivity (Wildman–Crippen MR) is 38.0 cm³/mol. The van der Waals surface area contributed by atoms with Crippen molar-refractivity contribution in [1.29, 1.82) is 0 Å². The first-order chi connectivity index (χ1) is 5.29. The van der Waals surface area contributed by atoms with E-state index in [9.17, 15) is 4.39 Å². The van der Waals surface area contributed by atoms with Crippen molar-refractivity contribution in [3.8, 4) is 0 Å². The standard InChI is InChI=1S/C6H3ClFN3/c7-5-6-10-3-4(8)11(6)2-1-9-5/h1-3H. The van der Waals surface area contributed by atoms with Gasteiger partial charge in [-0.2, -0.15) is 4.39 Å². The van der Waals surface area contributed by atoms with Crippen LogP contribution in [-0.4, -0.2) is 14.4 Å². The largest absolute Gasteiger partial charge is 0.272 e. The molecule has 0 saturated heterocycles. The van der Waals surface area contributed by atoms with E-state index < -0.39 is 5.95 Å². The van der Waals surface area contributed by atoms with Gasteiger partial charge in [-0.3, -0.25) is 4.40 Å². The molecule has 0 atom stereocenters. The van der Waals surface area contributed by atoms with Gasteiger partial charge in [0.25, 0.3) is 0 Å². The summed E-state index contributed by atoms with van der Waals surface area (Å²) in [6, 6.07) is 0. The van der Waals surface area contributed by atoms with Crippen LogP contribution in [0.2, 0.25) is 5.15 Å². The fraction of sp³-hybridized carbons (Fsp3) is 0. The average Bonchev–Trinajstić information content (AvgIpc) is 2.35. The van der Waals surface area contributed by atoms with Crippen molar-refractivity contribution in [3.63, 3.8) is 0 Å². The molecule has 56 valence electrons. The van der Waals surface area contributed by atoms with Crippen LogP contribution < -0.4 is 0 Å². The first kappa shape index (κ1) is 6.54. The van der Waals surface area contributed by atoms with Crippen LogP contribution in [0.4, 0.5) is 4.39 Å². The molecular formula is C6H3ClFN3. The van der Waals surface area contributed by atoms with Crippen molar-refractivity contribution in [3.05, 3.63) is 29.7 Å². The number of halogens is 2. The molecule has 2 heterocycles. The Labute approximate surface area is 66.5 Å². The Morgan fingerprint density at radius 2 is 2.27 bits per heavy atom. The van der Waals surface area contributed by atoms with Crippen LogP contribution in [0.1, 0.15) is 0 Å². The zero-order chi connectivity index (χ0) is 7.84. The van der Waals surface area contributed by atoms with E-state index in [1.807, 2.05) is 0 Å². The van der Waals surface area contributed by atoms with E-state index in [2.05, 4.69) is 9.97 Å². The molecule has 0 N–H and O–H groups in total. The molecule has 11 heavy (non-hydrogen) atoms. The summed E-state index contributed by atoms with van der Waals surface area (Å²) in [7, 11) is 0. The quantitative estimate of drug-likeness (QED) is 0.602. The monoisotopic (exact) mass is 171 g/mol. The SMILES string of the molecule is Fc1cnc2c(Cl)nccn12. The van der Waals surface area contributed by atoms with Gasteiger partial charge in [-0.25, -0.2) is 9.97 Å². The highest BCUT2D eigenvalue weighted by Gasteiger charge is 2.04. The highest BCUT2D eigenvalue weighted by molar-refractivity contribution is 6.32. The molecule has 0 aliphatic heterocycles. The second-order valence-electron chi connectivity index (χ2n) is 1.99. The van der Waals surface area contributed by atoms with E-state index in [0.717, 1.165) is 6.20 Å². The van der Waals surface area contributed by atoms with Crippen LogP contribution in [0.25, 0.3) is 5.65 Å². The summed E-state index contributed by atoms with van der Waals surface area (Å²) in [6.45, 7) is 0. The zero-order valence-corrected chi connectivity index (χ0v) is 6.09. The predicted octanol–water partition coefficient (Wildman–Crippen LogP) is 1.52. The van der Waals surface area contributed by atoms with Crippen molar-refractivity contribution < 1.29 is 4.39 Å². The number of nitrogens with zero attached hydrogens (tertiary/aromatic N) is 3. The summed E-state index contributed by atoms with van der Waals surface area (Å²) in [4.78, 5) is 7.45. The average molecular weight is 172 g/mol. The third kappa shape index (κ3) is 0.867. The molecule has 0 aromatic carbocycles. The van der Waals surface area contributed by atoms with Gasteiger partial charge in [0.2, 0.25) is 5.95 Å². The van der Waals surface area contributed by atoms with E-state index in [1.54, 1.807) is 0 Å². The second-order valence-corrected chi connectivity index (χ2v) is 2.35. The summed E-state index contributed by atoms with van der Waals surface area (Å²) in [5.41, 5.74) is 0.340. The van der Waals surface area contributed by atoms with Gasteiger partial charge in [-0.05, 0) is 0 Å². The van der Waals surface area contributed by atoms with Gasteiger partial charge in [-0.15, -0.1) is 0 Å². The van der Waals surface area contributed by atoms with E-state index in [1.165, 1.54) is 16.8 Å². The number of fused-ring (bicyclic) bond motifs is 1. The highest BCUT2D eigenvalue weighted by Crippen LogP contribution is 2.12. The lowest BCUT2D eigenvalue weighted by molar-refractivity contribution is 0.572. The van der Waals surface area contributed by atoms with Crippen molar-refractivity contribution in [1.82, 2.24) is 14.4 Å². The number of rotatable bonds is 0. The fourth-order valence-electron chi connectivity index (χ4n) is 0.858. The minimum atomic E-state index is -0.440. The molecule has 0 saturated carbocycles. The Morgan fingerprint density at radius 3 is 3.00 bits per heavy atom. The Morgan fingerprint density at radius 1 is 1.45 bits per heavy atom. The maximum absolute atomic E-state index is 12.7. The molecule has 0 bridgehead atoms. The fourth-order valence-corrected chi connectivity index (χ4v) is 1.05. The molecule has 5 heteroatoms. The molecular weight excluding hydrogens is 169 g/mol. The van der Waals surface area contributed by atoms with Crippen molar-refractivity contribution >= 4 is 17.2 Å². The zero-order valence-electron chi connectivity index (χ0n) is 5.33. The Kier molecular flexibility index (Phi) is 1.29. The van der Waals surface area contributed by atoms with Gasteiger partial charge >= 0.3 is 0 Å². The van der Waals surface area contributed by atoms with Crippen LogP contribution in [0.5, 0.6) is 0 Å². The minimum absolute atomic E-state index is 0.205. The summed E-state index contributed by atoms with van der Waals surface area (Å²) in [5, 5.41) is 0.205. The summed E-state index contributed by atoms with van der Waals surface area (Å²) in [6.07, 6.45) is 3.98. The first-order valence-electron chi connectivity index (χ1n) is 2.92. The molecule has 0 unspecified atom stereocenters. The van der Waals surface area contributed by atoms with Crippen LogP contribution in [0, 0.1) is 5.95 Å². The number of imidazole rings is 1. The van der Waals surface area contributed by atoms with Gasteiger partial charge < -0.3 is 0 Å². The number of hydrogen-bond acceptors (Lipinski definition) is 2. The maximum atomic E-state index is 12.7. The Balaban J connectivity index is 2.94. The summed E-state index contributed by atoms with van der Waals surface area (Å²) >= 11 is 5.61. The molecule has 0 fully saturated rings. The summed E-state index contributed by atoms with van der Waals surface area (Å²) in [5.74, 6) is -0.440. The summed E-state index contributed by atoms with van der Waals surface area (Å²) < 4.78 is 14.0. The van der Waals surface area contributed by atoms with Crippen molar-refractivity contribution in [2.45, 2.75) is 0 Å². The minimum Gasteiger partial charge on any atom is -0.272 e. The normalized spacial score (nSPS) is 10.7. The Hall–Kier alpha value is -1.16. The maximum Gasteiger partial charge on any atom is 0.218 e. The smallest absolute Gasteiger partial charge is 0.218 e. The highest BCUT2D eigenvalue weighted by atomic mass is 35.5. The van der Waals surface area contributed by atoms with Crippen LogP contribution in [-0.2, 0) is 0 Å². The molecule has 0 spiro atoms. The van der Waals surface area contributed by atoms with Crippen molar-refractivity contribution in [2.24, 2.45) is 0 Å². The lowest BCUT2D eigenvalue weighted by atomic mass is 10.7. The third-order valence-corrected chi connectivity index (χ3v) is 1.61. The van der Waals surface area contributed by atoms with Crippen LogP contribution >= 0.6 is 11.6 Å². The second kappa shape index (κ2) is 2.17. The van der Waals surface area contributed by atoms with Crippen molar-refractivity contribution in [2.75, 3.05) is 0 Å². The van der Waals surface area contributed by atoms with E-state index in [-0.39, 0.29) is 5.15 Å². The molecule has 0 radical (unpaired) electrons. The number of hydrogen-bond donors (Lipinski definition) is 0. The first-order valence-corrected chi connectivity index (χ1v) is 3.30. The number of aromatic nitrogens is 3. The van der Waals surface area contributed by atoms with E-state index >= 15 is 0 Å². The topological polar surface area (TPSA) is 30.2 Å². The van der Waals surface area contributed by atoms with E-state index in [4.69, 9.17) is 11.6 Å². The molecule has 2 aromatic heterocycles. The molecule has 0 aliphatic rings. The van der Waals surface area contributed by atoms with Gasteiger partial charge in [0.15, 0.2) is 10.8 Å². The lowest BCUT2D eigenvalue weighted by Crippen LogP contribution is -1.89. The molecule has 2 rings (SSSR count). The van der Waals surface area contributed by atoms with Crippen LogP contribution in [0.3, 0.4) is 0 Å². The van der Waals surface area contributed by atoms with Gasteiger partial charge in [0.05, 0.1) is 6.20 Å². The third-order valence-electron chi connectivity index (χ3n) is 1.34. The Bertz CT molecular complexity index is 398. The van der Waals surface area contributed by atoms with E-state index in [0.29, 0.717) is 5.65 Å². The van der Waals surface area contributed by atoms with Gasteiger partial charge in [-0.1, -0.05) is 11.6 Å². The van der Waals surface area contributed by atoms with Gasteiger partial charge in [0, 0.05) is 12.4 Å². The lowest BCUT2D eigenvalue weighted by Gasteiger charge is -1.92.